The standard InChI is InChI=1S/C16H19N3O7/c1-25-15(23)9-4-2-8(3-5-9)10-6-19(18-17-10)7-11-12(20)13(21)14(22)16(24)26-11/h2-6,11-14,16,20-22,24H,7H2,1H3/t11-,12-,13+,14-,16?/m1/s1. The van der Waals surface area contributed by atoms with E-state index >= 15 is 0 Å². The van der Waals surface area contributed by atoms with Crippen molar-refractivity contribution < 1.29 is 34.7 Å². The maximum Gasteiger partial charge on any atom is 0.337 e. The van der Waals surface area contributed by atoms with E-state index in [1.807, 2.05) is 0 Å². The third kappa shape index (κ3) is 3.59. The monoisotopic (exact) mass is 365 g/mol. The molecule has 1 aliphatic heterocycles. The molecule has 0 radical (unpaired) electrons. The summed E-state index contributed by atoms with van der Waals surface area (Å²) >= 11 is 0. The Morgan fingerprint density at radius 3 is 2.50 bits per heavy atom. The second-order valence-electron chi connectivity index (χ2n) is 5.93. The Labute approximate surface area is 148 Å². The molecule has 2 heterocycles. The lowest BCUT2D eigenvalue weighted by molar-refractivity contribution is -0.284. The molecule has 26 heavy (non-hydrogen) atoms. The minimum absolute atomic E-state index is 0.00918. The topological polar surface area (TPSA) is 147 Å². The van der Waals surface area contributed by atoms with Crippen LogP contribution in [0.25, 0.3) is 11.3 Å². The molecule has 140 valence electrons. The second kappa shape index (κ2) is 7.48. The predicted octanol–water partition coefficient (Wildman–Crippen LogP) is -1.47. The zero-order valence-electron chi connectivity index (χ0n) is 13.8. The fourth-order valence-electron chi connectivity index (χ4n) is 2.68. The molecule has 0 spiro atoms. The highest BCUT2D eigenvalue weighted by molar-refractivity contribution is 5.89. The molecule has 1 saturated heterocycles. The number of esters is 1. The highest BCUT2D eigenvalue weighted by Gasteiger charge is 2.43. The summed E-state index contributed by atoms with van der Waals surface area (Å²) in [5.41, 5.74) is 1.64. The van der Waals surface area contributed by atoms with Crippen LogP contribution in [0.5, 0.6) is 0 Å². The number of rotatable bonds is 4. The first kappa shape index (κ1) is 18.4. The van der Waals surface area contributed by atoms with Crippen LogP contribution in [0, 0.1) is 0 Å². The lowest BCUT2D eigenvalue weighted by Crippen LogP contribution is -2.58. The van der Waals surface area contributed by atoms with Crippen molar-refractivity contribution in [2.24, 2.45) is 0 Å². The molecule has 0 amide bonds. The number of aromatic nitrogens is 3. The molecule has 0 saturated carbocycles. The molecule has 10 nitrogen and oxygen atoms in total. The number of benzene rings is 1. The number of aliphatic hydroxyl groups is 4. The average Bonchev–Trinajstić information content (AvgIpc) is 3.12. The summed E-state index contributed by atoms with van der Waals surface area (Å²) in [5.74, 6) is -0.442. The van der Waals surface area contributed by atoms with Crippen LogP contribution >= 0.6 is 0 Å². The molecule has 10 heteroatoms. The van der Waals surface area contributed by atoms with E-state index in [4.69, 9.17) is 4.74 Å². The van der Waals surface area contributed by atoms with Gasteiger partial charge in [-0.25, -0.2) is 9.48 Å². The van der Waals surface area contributed by atoms with Crippen molar-refractivity contribution in [2.75, 3.05) is 7.11 Å². The molecule has 1 aliphatic rings. The first-order chi connectivity index (χ1) is 12.4. The number of hydrogen-bond acceptors (Lipinski definition) is 9. The van der Waals surface area contributed by atoms with Gasteiger partial charge in [-0.15, -0.1) is 5.10 Å². The number of nitrogens with zero attached hydrogens (tertiary/aromatic N) is 3. The normalized spacial score (nSPS) is 28.7. The number of carbonyl (C=O) groups is 1. The lowest BCUT2D eigenvalue weighted by atomic mass is 9.99. The van der Waals surface area contributed by atoms with Crippen LogP contribution in [0.15, 0.2) is 30.5 Å². The van der Waals surface area contributed by atoms with Crippen LogP contribution in [0.2, 0.25) is 0 Å². The molecule has 1 unspecified atom stereocenters. The van der Waals surface area contributed by atoms with Crippen LogP contribution in [0.3, 0.4) is 0 Å². The predicted molar refractivity (Wildman–Crippen MR) is 85.7 cm³/mol. The molecule has 0 aliphatic carbocycles. The van der Waals surface area contributed by atoms with E-state index in [2.05, 4.69) is 15.0 Å². The van der Waals surface area contributed by atoms with Crippen LogP contribution in [0.4, 0.5) is 0 Å². The van der Waals surface area contributed by atoms with E-state index in [0.717, 1.165) is 0 Å². The number of carbonyl (C=O) groups excluding carboxylic acids is 1. The van der Waals surface area contributed by atoms with E-state index < -0.39 is 36.7 Å². The van der Waals surface area contributed by atoms with E-state index in [1.54, 1.807) is 30.5 Å². The largest absolute Gasteiger partial charge is 0.465 e. The summed E-state index contributed by atoms with van der Waals surface area (Å²) in [4.78, 5) is 11.4. The Bertz CT molecular complexity index is 763. The van der Waals surface area contributed by atoms with Gasteiger partial charge in [0, 0.05) is 5.56 Å². The number of ether oxygens (including phenoxy) is 2. The van der Waals surface area contributed by atoms with E-state index in [9.17, 15) is 25.2 Å². The molecular formula is C16H19N3O7. The smallest absolute Gasteiger partial charge is 0.337 e. The SMILES string of the molecule is COC(=O)c1ccc(-c2cn(C[C@H]3OC(O)[C@H](O)[C@@H](O)[C@@H]3O)nn2)cc1. The van der Waals surface area contributed by atoms with Crippen molar-refractivity contribution in [2.45, 2.75) is 37.3 Å². The van der Waals surface area contributed by atoms with Gasteiger partial charge >= 0.3 is 5.97 Å². The quantitative estimate of drug-likeness (QED) is 0.477. The second-order valence-corrected chi connectivity index (χ2v) is 5.93. The highest BCUT2D eigenvalue weighted by atomic mass is 16.6. The van der Waals surface area contributed by atoms with Gasteiger partial charge in [-0.3, -0.25) is 0 Å². The van der Waals surface area contributed by atoms with Crippen molar-refractivity contribution in [1.82, 2.24) is 15.0 Å². The minimum atomic E-state index is -1.60. The summed E-state index contributed by atoms with van der Waals surface area (Å²) in [6.45, 7) is 0.00918. The van der Waals surface area contributed by atoms with Crippen molar-refractivity contribution in [3.05, 3.63) is 36.0 Å². The van der Waals surface area contributed by atoms with E-state index in [-0.39, 0.29) is 6.54 Å². The molecule has 0 bridgehead atoms. The molecule has 5 atom stereocenters. The Hall–Kier alpha value is -2.37. The molecular weight excluding hydrogens is 346 g/mol. The van der Waals surface area contributed by atoms with Crippen LogP contribution in [0.1, 0.15) is 10.4 Å². The summed E-state index contributed by atoms with van der Waals surface area (Å²) in [6, 6.07) is 6.58. The van der Waals surface area contributed by atoms with E-state index in [0.29, 0.717) is 16.8 Å². The van der Waals surface area contributed by atoms with Gasteiger partial charge in [0.2, 0.25) is 0 Å². The fraction of sp³-hybridized carbons (Fsp3) is 0.438. The Morgan fingerprint density at radius 1 is 1.15 bits per heavy atom. The Kier molecular flexibility index (Phi) is 5.30. The summed E-state index contributed by atoms with van der Waals surface area (Å²) in [7, 11) is 1.30. The highest BCUT2D eigenvalue weighted by Crippen LogP contribution is 2.22. The minimum Gasteiger partial charge on any atom is -0.465 e. The van der Waals surface area contributed by atoms with Crippen molar-refractivity contribution in [3.63, 3.8) is 0 Å². The van der Waals surface area contributed by atoms with Gasteiger partial charge in [0.15, 0.2) is 6.29 Å². The van der Waals surface area contributed by atoms with Gasteiger partial charge in [0.05, 0.1) is 25.4 Å². The molecule has 4 N–H and O–H groups in total. The molecule has 1 aromatic heterocycles. The Morgan fingerprint density at radius 2 is 1.85 bits per heavy atom. The summed E-state index contributed by atoms with van der Waals surface area (Å²) in [5, 5.41) is 46.7. The molecule has 3 rings (SSSR count). The fourth-order valence-corrected chi connectivity index (χ4v) is 2.68. The van der Waals surface area contributed by atoms with Gasteiger partial charge in [0.25, 0.3) is 0 Å². The summed E-state index contributed by atoms with van der Waals surface area (Å²) in [6.07, 6.45) is -5.49. The molecule has 2 aromatic rings. The van der Waals surface area contributed by atoms with Crippen molar-refractivity contribution in [3.8, 4) is 11.3 Å². The zero-order chi connectivity index (χ0) is 18.8. The first-order valence-corrected chi connectivity index (χ1v) is 7.87. The van der Waals surface area contributed by atoms with Gasteiger partial charge in [-0.05, 0) is 12.1 Å². The third-order valence-corrected chi connectivity index (χ3v) is 4.19. The molecule has 1 fully saturated rings. The van der Waals surface area contributed by atoms with Crippen LogP contribution in [-0.2, 0) is 16.0 Å². The average molecular weight is 365 g/mol. The van der Waals surface area contributed by atoms with Crippen LogP contribution in [-0.4, -0.2) is 79.2 Å². The maximum absolute atomic E-state index is 11.4. The first-order valence-electron chi connectivity index (χ1n) is 7.87. The van der Waals surface area contributed by atoms with Crippen molar-refractivity contribution in [1.29, 1.82) is 0 Å². The number of hydrogen-bond donors (Lipinski definition) is 4. The lowest BCUT2D eigenvalue weighted by Gasteiger charge is -2.38. The van der Waals surface area contributed by atoms with Gasteiger partial charge in [-0.1, -0.05) is 17.3 Å². The van der Waals surface area contributed by atoms with Gasteiger partial charge in [-0.2, -0.15) is 0 Å². The van der Waals surface area contributed by atoms with Crippen molar-refractivity contribution >= 4 is 5.97 Å². The zero-order valence-corrected chi connectivity index (χ0v) is 13.8. The van der Waals surface area contributed by atoms with Crippen LogP contribution < -0.4 is 0 Å². The molecule has 1 aromatic carbocycles. The van der Waals surface area contributed by atoms with Gasteiger partial charge in [0.1, 0.15) is 30.1 Å². The number of aliphatic hydroxyl groups excluding tert-OH is 4. The van der Waals surface area contributed by atoms with Gasteiger partial charge < -0.3 is 29.9 Å². The third-order valence-electron chi connectivity index (χ3n) is 4.19. The Balaban J connectivity index is 1.71. The maximum atomic E-state index is 11.4. The van der Waals surface area contributed by atoms with E-state index in [1.165, 1.54) is 11.8 Å². The summed E-state index contributed by atoms with van der Waals surface area (Å²) < 4.78 is 11.1. The number of methoxy groups -OCH3 is 1.